The fourth-order valence-corrected chi connectivity index (χ4v) is 7.22. The summed E-state index contributed by atoms with van der Waals surface area (Å²) in [5.41, 5.74) is 0. The predicted octanol–water partition coefficient (Wildman–Crippen LogP) is 14.9. The molecule has 3 N–H and O–H groups in total. The second kappa shape index (κ2) is 52.5. The van der Waals surface area contributed by atoms with Crippen LogP contribution in [-0.2, 0) is 42.9 Å². The number of carbonyl (C=O) groups excluding carboxylic acids is 3. The lowest BCUT2D eigenvalue weighted by Crippen LogP contribution is -2.61. The van der Waals surface area contributed by atoms with Crippen molar-refractivity contribution in [3.63, 3.8) is 0 Å². The Hall–Kier alpha value is -6.18. The number of rotatable bonds is 45. The zero-order valence-corrected chi connectivity index (χ0v) is 47.8. The van der Waals surface area contributed by atoms with E-state index in [1.165, 1.54) is 0 Å². The molecule has 0 spiro atoms. The van der Waals surface area contributed by atoms with Crippen LogP contribution in [-0.4, -0.2) is 89.2 Å². The maximum Gasteiger partial charge on any atom is 0.335 e. The first-order chi connectivity index (χ1) is 38.6. The number of carboxylic acids is 1. The van der Waals surface area contributed by atoms with E-state index in [0.29, 0.717) is 32.1 Å². The minimum Gasteiger partial charge on any atom is -0.479 e. The summed E-state index contributed by atoms with van der Waals surface area (Å²) in [5.74, 6) is -3.50. The predicted molar refractivity (Wildman–Crippen MR) is 321 cm³/mol. The molecule has 0 radical (unpaired) electrons. The standard InChI is InChI=1S/C67H96O12/c1-4-7-10-13-16-19-22-25-28-29-30-31-34-35-38-41-44-47-50-53-59(68)75-56-58(77-60(69)54-51-48-45-42-39-36-32-26-23-20-17-14-11-8-5-2)57-76-67-65(63(72)62(71)64(79-67)66(73)74)78-61(70)55-52-49-46-43-40-37-33-27-24-21-18-15-12-9-6-3/h7-12,16-21,25-28,30-33,35,38-40,42-44,47-48,51,58,62-65,67,71-72H,4-6,13-15,22-24,29,34,36-37,41,45-46,49-50,52-57H2,1-3H3,(H,73,74)/b10-7-,11-8-,12-9-,19-16-,20-17-,21-18-,28-25-,31-30-,32-26-,33-27-,38-35-,42-39-,43-40-,47-44-,51-48-. The van der Waals surface area contributed by atoms with Crippen molar-refractivity contribution in [2.75, 3.05) is 13.2 Å². The van der Waals surface area contributed by atoms with Crippen molar-refractivity contribution in [2.45, 2.75) is 199 Å². The van der Waals surface area contributed by atoms with Crippen LogP contribution in [0.1, 0.15) is 162 Å². The van der Waals surface area contributed by atoms with Gasteiger partial charge in [0.2, 0.25) is 0 Å². The fourth-order valence-electron chi connectivity index (χ4n) is 7.22. The molecule has 1 saturated heterocycles. The summed E-state index contributed by atoms with van der Waals surface area (Å²) in [5, 5.41) is 31.4. The number of esters is 3. The van der Waals surface area contributed by atoms with E-state index in [-0.39, 0.29) is 19.3 Å². The van der Waals surface area contributed by atoms with Gasteiger partial charge in [-0.15, -0.1) is 0 Å². The highest BCUT2D eigenvalue weighted by Gasteiger charge is 2.50. The number of ether oxygens (including phenoxy) is 5. The Labute approximate surface area is 474 Å². The third kappa shape index (κ3) is 42.4. The molecule has 436 valence electrons. The molecule has 12 nitrogen and oxygen atoms in total. The number of unbranched alkanes of at least 4 members (excludes halogenated alkanes) is 2. The molecule has 6 unspecified atom stereocenters. The minimum absolute atomic E-state index is 0.0214. The minimum atomic E-state index is -1.95. The van der Waals surface area contributed by atoms with Crippen molar-refractivity contribution < 1.29 is 58.2 Å². The highest BCUT2D eigenvalue weighted by molar-refractivity contribution is 5.74. The molecule has 0 aromatic carbocycles. The fraction of sp³-hybridized carbons (Fsp3) is 0.493. The Morgan fingerprint density at radius 3 is 1.22 bits per heavy atom. The van der Waals surface area contributed by atoms with Crippen LogP contribution in [0.5, 0.6) is 0 Å². The highest BCUT2D eigenvalue weighted by Crippen LogP contribution is 2.26. The van der Waals surface area contributed by atoms with Crippen molar-refractivity contribution in [1.29, 1.82) is 0 Å². The monoisotopic (exact) mass is 1090 g/mol. The van der Waals surface area contributed by atoms with Crippen LogP contribution in [0, 0.1) is 0 Å². The first-order valence-corrected chi connectivity index (χ1v) is 28.8. The van der Waals surface area contributed by atoms with Gasteiger partial charge in [-0.3, -0.25) is 14.4 Å². The van der Waals surface area contributed by atoms with E-state index in [1.54, 1.807) is 6.08 Å². The average Bonchev–Trinajstić information content (AvgIpc) is 3.46. The molecular formula is C67H96O12. The number of allylic oxidation sites excluding steroid dienone is 29. The molecule has 1 rings (SSSR count). The molecule has 1 aliphatic heterocycles. The first kappa shape index (κ1) is 70.8. The maximum absolute atomic E-state index is 13.1. The van der Waals surface area contributed by atoms with E-state index in [2.05, 4.69) is 161 Å². The molecular weight excluding hydrogens is 997 g/mol. The second-order valence-corrected chi connectivity index (χ2v) is 18.4. The van der Waals surface area contributed by atoms with Crippen LogP contribution < -0.4 is 0 Å². The lowest BCUT2D eigenvalue weighted by molar-refractivity contribution is -0.301. The van der Waals surface area contributed by atoms with Gasteiger partial charge in [0, 0.05) is 12.8 Å². The molecule has 0 amide bonds. The topological polar surface area (TPSA) is 175 Å². The summed E-state index contributed by atoms with van der Waals surface area (Å²) in [6.07, 6.45) is 67.7. The second-order valence-electron chi connectivity index (χ2n) is 18.4. The Balaban J connectivity index is 2.84. The molecule has 1 aliphatic rings. The van der Waals surface area contributed by atoms with Crippen LogP contribution in [0.2, 0.25) is 0 Å². The van der Waals surface area contributed by atoms with Crippen molar-refractivity contribution in [2.24, 2.45) is 0 Å². The van der Waals surface area contributed by atoms with Crippen LogP contribution in [0.3, 0.4) is 0 Å². The van der Waals surface area contributed by atoms with Gasteiger partial charge < -0.3 is 39.0 Å². The van der Waals surface area contributed by atoms with E-state index >= 15 is 0 Å². The van der Waals surface area contributed by atoms with E-state index < -0.39 is 73.9 Å². The summed E-state index contributed by atoms with van der Waals surface area (Å²) in [6, 6.07) is 0. The Bertz CT molecular complexity index is 2070. The Morgan fingerprint density at radius 2 is 0.810 bits per heavy atom. The number of hydrogen-bond donors (Lipinski definition) is 3. The van der Waals surface area contributed by atoms with E-state index in [9.17, 15) is 34.5 Å². The quantitative estimate of drug-likeness (QED) is 0.0228. The summed E-state index contributed by atoms with van der Waals surface area (Å²) in [4.78, 5) is 51.0. The van der Waals surface area contributed by atoms with Gasteiger partial charge in [0.05, 0.1) is 13.0 Å². The number of carbonyl (C=O) groups is 4. The summed E-state index contributed by atoms with van der Waals surface area (Å²) < 4.78 is 28.1. The zero-order valence-electron chi connectivity index (χ0n) is 47.8. The van der Waals surface area contributed by atoms with Crippen LogP contribution in [0.4, 0.5) is 0 Å². The summed E-state index contributed by atoms with van der Waals surface area (Å²) in [6.45, 7) is 5.44. The highest BCUT2D eigenvalue weighted by atomic mass is 16.7. The SMILES string of the molecule is CC/C=C\C/C=C\C/C=C\C/C=C\C/C=C\C/C=C\CCC(=O)OCC(COC1OC(C(=O)O)C(O)C(O)C1OC(=O)CCCC/C=C\C/C=C\C/C=C\C/C=C\CC)OC(=O)C/C=C\C/C=C\C/C=C\C/C=C\C/C=C\CC. The largest absolute Gasteiger partial charge is 0.479 e. The van der Waals surface area contributed by atoms with Gasteiger partial charge in [-0.1, -0.05) is 203 Å². The number of carboxylic acid groups (broad SMARTS) is 1. The number of aliphatic hydroxyl groups excluding tert-OH is 2. The van der Waals surface area contributed by atoms with E-state index in [0.717, 1.165) is 89.9 Å². The molecule has 0 saturated carbocycles. The van der Waals surface area contributed by atoms with Gasteiger partial charge in [0.25, 0.3) is 0 Å². The molecule has 6 atom stereocenters. The number of aliphatic hydroxyl groups is 2. The van der Waals surface area contributed by atoms with E-state index in [4.69, 9.17) is 23.7 Å². The molecule has 0 bridgehead atoms. The van der Waals surface area contributed by atoms with Gasteiger partial charge >= 0.3 is 23.9 Å². The van der Waals surface area contributed by atoms with Crippen molar-refractivity contribution in [3.8, 4) is 0 Å². The summed E-state index contributed by atoms with van der Waals surface area (Å²) in [7, 11) is 0. The van der Waals surface area contributed by atoms with Gasteiger partial charge in [-0.05, 0) is 122 Å². The third-order valence-corrected chi connectivity index (χ3v) is 11.5. The molecule has 0 aliphatic carbocycles. The molecule has 1 fully saturated rings. The van der Waals surface area contributed by atoms with Gasteiger partial charge in [0.15, 0.2) is 24.6 Å². The lowest BCUT2D eigenvalue weighted by Gasteiger charge is -2.40. The van der Waals surface area contributed by atoms with Gasteiger partial charge in [-0.25, -0.2) is 4.79 Å². The number of aliphatic carboxylic acids is 1. The molecule has 79 heavy (non-hydrogen) atoms. The van der Waals surface area contributed by atoms with Crippen molar-refractivity contribution >= 4 is 23.9 Å². The van der Waals surface area contributed by atoms with Crippen LogP contribution >= 0.6 is 0 Å². The summed E-state index contributed by atoms with van der Waals surface area (Å²) >= 11 is 0. The third-order valence-electron chi connectivity index (χ3n) is 11.5. The smallest absolute Gasteiger partial charge is 0.335 e. The molecule has 12 heteroatoms. The molecule has 1 heterocycles. The molecule has 0 aromatic rings. The molecule has 0 aromatic heterocycles. The Morgan fingerprint density at radius 1 is 0.430 bits per heavy atom. The number of hydrogen-bond acceptors (Lipinski definition) is 11. The van der Waals surface area contributed by atoms with Gasteiger partial charge in [0.1, 0.15) is 18.8 Å². The first-order valence-electron chi connectivity index (χ1n) is 28.8. The van der Waals surface area contributed by atoms with Gasteiger partial charge in [-0.2, -0.15) is 0 Å². The van der Waals surface area contributed by atoms with Crippen LogP contribution in [0.25, 0.3) is 0 Å². The lowest BCUT2D eigenvalue weighted by atomic mass is 9.98. The average molecular weight is 1090 g/mol. The van der Waals surface area contributed by atoms with E-state index in [1.807, 2.05) is 36.5 Å². The Kier molecular flexibility index (Phi) is 47.1. The zero-order chi connectivity index (χ0) is 57.5. The maximum atomic E-state index is 13.1. The van der Waals surface area contributed by atoms with Crippen molar-refractivity contribution in [1.82, 2.24) is 0 Å². The normalized spacial score (nSPS) is 19.2. The van der Waals surface area contributed by atoms with Crippen LogP contribution in [0.15, 0.2) is 182 Å². The van der Waals surface area contributed by atoms with Crippen molar-refractivity contribution in [3.05, 3.63) is 182 Å².